The van der Waals surface area contributed by atoms with Crippen molar-refractivity contribution in [1.82, 2.24) is 10.6 Å². The molecular weight excluding hydrogens is 244 g/mol. The van der Waals surface area contributed by atoms with Crippen LogP contribution in [0.25, 0.3) is 0 Å². The lowest BCUT2D eigenvalue weighted by Gasteiger charge is -2.36. The van der Waals surface area contributed by atoms with E-state index in [1.807, 2.05) is 13.8 Å². The molecule has 5 heteroatoms. The number of nitrogens with one attached hydrogen (secondary N) is 2. The van der Waals surface area contributed by atoms with Crippen LogP contribution in [-0.4, -0.2) is 38.1 Å². The normalized spacial score (nSPS) is 19.8. The van der Waals surface area contributed by atoms with Crippen molar-refractivity contribution >= 4 is 11.9 Å². The van der Waals surface area contributed by atoms with E-state index in [1.165, 1.54) is 0 Å². The van der Waals surface area contributed by atoms with Gasteiger partial charge in [0, 0.05) is 12.0 Å². The van der Waals surface area contributed by atoms with E-state index in [0.29, 0.717) is 19.1 Å². The van der Waals surface area contributed by atoms with Crippen molar-refractivity contribution in [3.63, 3.8) is 0 Å². The van der Waals surface area contributed by atoms with E-state index in [-0.39, 0.29) is 18.3 Å². The summed E-state index contributed by atoms with van der Waals surface area (Å²) in [6.07, 6.45) is 2.42. The SMILES string of the molecule is CCOC(=O)CCNC(=O)C(C)(C)C1CCCNC1. The highest BCUT2D eigenvalue weighted by Crippen LogP contribution is 2.31. The number of hydrogen-bond donors (Lipinski definition) is 2. The van der Waals surface area contributed by atoms with E-state index >= 15 is 0 Å². The molecule has 1 rings (SSSR count). The molecule has 110 valence electrons. The molecule has 1 aliphatic heterocycles. The van der Waals surface area contributed by atoms with E-state index in [2.05, 4.69) is 10.6 Å². The van der Waals surface area contributed by atoms with E-state index in [4.69, 9.17) is 4.74 Å². The zero-order valence-electron chi connectivity index (χ0n) is 12.3. The van der Waals surface area contributed by atoms with Gasteiger partial charge in [0.2, 0.25) is 5.91 Å². The second kappa shape index (κ2) is 7.48. The number of carbonyl (C=O) groups excluding carboxylic acids is 2. The van der Waals surface area contributed by atoms with Gasteiger partial charge >= 0.3 is 5.97 Å². The number of amides is 1. The maximum absolute atomic E-state index is 12.2. The molecule has 0 bridgehead atoms. The minimum absolute atomic E-state index is 0.0190. The number of ether oxygens (including phenoxy) is 1. The van der Waals surface area contributed by atoms with E-state index in [9.17, 15) is 9.59 Å². The van der Waals surface area contributed by atoms with Crippen LogP contribution < -0.4 is 10.6 Å². The molecule has 0 radical (unpaired) electrons. The number of piperidine rings is 1. The van der Waals surface area contributed by atoms with E-state index < -0.39 is 5.41 Å². The Balaban J connectivity index is 2.36. The van der Waals surface area contributed by atoms with Crippen LogP contribution in [0.5, 0.6) is 0 Å². The van der Waals surface area contributed by atoms with Gasteiger partial charge in [0.15, 0.2) is 0 Å². The Hall–Kier alpha value is -1.10. The molecule has 1 aliphatic rings. The first-order valence-corrected chi connectivity index (χ1v) is 7.13. The summed E-state index contributed by atoms with van der Waals surface area (Å²) >= 11 is 0. The van der Waals surface area contributed by atoms with Crippen molar-refractivity contribution in [2.75, 3.05) is 26.2 Å². The monoisotopic (exact) mass is 270 g/mol. The summed E-state index contributed by atoms with van der Waals surface area (Å²) < 4.78 is 4.83. The molecule has 19 heavy (non-hydrogen) atoms. The first-order valence-electron chi connectivity index (χ1n) is 7.13. The molecule has 1 unspecified atom stereocenters. The standard InChI is InChI=1S/C14H26N2O3/c1-4-19-12(17)7-9-16-13(18)14(2,3)11-6-5-8-15-10-11/h11,15H,4-10H2,1-3H3,(H,16,18). The summed E-state index contributed by atoms with van der Waals surface area (Å²) in [5.41, 5.74) is -0.401. The fourth-order valence-corrected chi connectivity index (χ4v) is 2.39. The minimum atomic E-state index is -0.401. The lowest BCUT2D eigenvalue weighted by atomic mass is 9.74. The second-order valence-electron chi connectivity index (χ2n) is 5.58. The van der Waals surface area contributed by atoms with Crippen LogP contribution >= 0.6 is 0 Å². The van der Waals surface area contributed by atoms with Gasteiger partial charge < -0.3 is 15.4 Å². The van der Waals surface area contributed by atoms with Gasteiger partial charge in [0.05, 0.1) is 13.0 Å². The Morgan fingerprint density at radius 2 is 2.16 bits per heavy atom. The van der Waals surface area contributed by atoms with Crippen molar-refractivity contribution in [2.45, 2.75) is 40.0 Å². The molecule has 5 nitrogen and oxygen atoms in total. The van der Waals surface area contributed by atoms with Gasteiger partial charge in [-0.3, -0.25) is 9.59 Å². The molecule has 0 aromatic heterocycles. The van der Waals surface area contributed by atoms with Gasteiger partial charge in [-0.1, -0.05) is 13.8 Å². The first-order chi connectivity index (χ1) is 8.98. The van der Waals surface area contributed by atoms with Gasteiger partial charge in [-0.2, -0.15) is 0 Å². The van der Waals surface area contributed by atoms with Crippen LogP contribution in [0.2, 0.25) is 0 Å². The summed E-state index contributed by atoms with van der Waals surface area (Å²) in [7, 11) is 0. The molecule has 0 aliphatic carbocycles. The van der Waals surface area contributed by atoms with Crippen LogP contribution in [0.4, 0.5) is 0 Å². The van der Waals surface area contributed by atoms with Crippen molar-refractivity contribution in [3.05, 3.63) is 0 Å². The molecule has 0 spiro atoms. The van der Waals surface area contributed by atoms with Gasteiger partial charge in [-0.15, -0.1) is 0 Å². The molecule has 0 aromatic carbocycles. The predicted molar refractivity (Wildman–Crippen MR) is 73.6 cm³/mol. The Morgan fingerprint density at radius 3 is 2.74 bits per heavy atom. The fourth-order valence-electron chi connectivity index (χ4n) is 2.39. The first kappa shape index (κ1) is 16.0. The van der Waals surface area contributed by atoms with Crippen LogP contribution in [0.3, 0.4) is 0 Å². The smallest absolute Gasteiger partial charge is 0.307 e. The van der Waals surface area contributed by atoms with Crippen LogP contribution in [0.15, 0.2) is 0 Å². The molecule has 1 amide bonds. The van der Waals surface area contributed by atoms with Gasteiger partial charge in [0.25, 0.3) is 0 Å². The molecule has 2 N–H and O–H groups in total. The lowest BCUT2D eigenvalue weighted by molar-refractivity contribution is -0.143. The molecule has 0 aromatic rings. The zero-order valence-corrected chi connectivity index (χ0v) is 12.3. The number of carbonyl (C=O) groups is 2. The Labute approximate surface area is 115 Å². The molecule has 1 atom stereocenters. The van der Waals surface area contributed by atoms with Gasteiger partial charge in [0.1, 0.15) is 0 Å². The summed E-state index contributed by atoms with van der Waals surface area (Å²) in [6, 6.07) is 0. The topological polar surface area (TPSA) is 67.4 Å². The van der Waals surface area contributed by atoms with Crippen molar-refractivity contribution < 1.29 is 14.3 Å². The van der Waals surface area contributed by atoms with Crippen LogP contribution in [-0.2, 0) is 14.3 Å². The van der Waals surface area contributed by atoms with Crippen molar-refractivity contribution in [3.8, 4) is 0 Å². The van der Waals surface area contributed by atoms with Crippen LogP contribution in [0.1, 0.15) is 40.0 Å². The van der Waals surface area contributed by atoms with Crippen molar-refractivity contribution in [1.29, 1.82) is 0 Å². The molecule has 0 saturated carbocycles. The van der Waals surface area contributed by atoms with Gasteiger partial charge in [-0.05, 0) is 38.8 Å². The summed E-state index contributed by atoms with van der Waals surface area (Å²) in [6.45, 7) is 8.38. The minimum Gasteiger partial charge on any atom is -0.466 e. The van der Waals surface area contributed by atoms with Crippen molar-refractivity contribution in [2.24, 2.45) is 11.3 Å². The van der Waals surface area contributed by atoms with E-state index in [0.717, 1.165) is 25.9 Å². The average molecular weight is 270 g/mol. The highest BCUT2D eigenvalue weighted by molar-refractivity contribution is 5.82. The molecule has 1 saturated heterocycles. The van der Waals surface area contributed by atoms with Gasteiger partial charge in [-0.25, -0.2) is 0 Å². The number of rotatable bonds is 6. The summed E-state index contributed by atoms with van der Waals surface area (Å²) in [5.74, 6) is 0.106. The zero-order chi connectivity index (χ0) is 14.3. The molecule has 1 heterocycles. The number of hydrogen-bond acceptors (Lipinski definition) is 4. The average Bonchev–Trinajstić information content (AvgIpc) is 2.40. The highest BCUT2D eigenvalue weighted by atomic mass is 16.5. The quantitative estimate of drug-likeness (QED) is 0.709. The predicted octanol–water partition coefficient (Wildman–Crippen LogP) is 1.08. The third kappa shape index (κ3) is 4.82. The maximum atomic E-state index is 12.2. The largest absolute Gasteiger partial charge is 0.466 e. The third-order valence-electron chi connectivity index (χ3n) is 3.82. The fraction of sp³-hybridized carbons (Fsp3) is 0.857. The number of esters is 1. The van der Waals surface area contributed by atoms with Crippen LogP contribution in [0, 0.1) is 11.3 Å². The van der Waals surface area contributed by atoms with E-state index in [1.54, 1.807) is 6.92 Å². The lowest BCUT2D eigenvalue weighted by Crippen LogP contribution is -2.47. The Morgan fingerprint density at radius 1 is 1.42 bits per heavy atom. The summed E-state index contributed by atoms with van der Waals surface area (Å²) in [4.78, 5) is 23.4. The Bertz CT molecular complexity index is 310. The Kier molecular flexibility index (Phi) is 6.28. The third-order valence-corrected chi connectivity index (χ3v) is 3.82. The molecular formula is C14H26N2O3. The summed E-state index contributed by atoms with van der Waals surface area (Å²) in [5, 5.41) is 6.17. The second-order valence-corrected chi connectivity index (χ2v) is 5.58. The molecule has 1 fully saturated rings. The maximum Gasteiger partial charge on any atom is 0.307 e. The highest BCUT2D eigenvalue weighted by Gasteiger charge is 2.36.